The number of hydrogen-bond donors (Lipinski definition) is 3. The second-order valence-corrected chi connectivity index (χ2v) is 3.22. The Morgan fingerprint density at radius 1 is 1.23 bits per heavy atom. The number of carbonyl (C=O) groups is 1. The topological polar surface area (TPSA) is 83.5 Å². The molecule has 0 aliphatic heterocycles. The van der Waals surface area contributed by atoms with E-state index in [1.54, 1.807) is 0 Å². The van der Waals surface area contributed by atoms with E-state index in [0.717, 1.165) is 19.3 Å². The summed E-state index contributed by atoms with van der Waals surface area (Å²) in [5, 5.41) is 17.7. The average molecular weight is 189 g/mol. The van der Waals surface area contributed by atoms with Crippen molar-refractivity contribution in [2.24, 2.45) is 5.73 Å². The van der Waals surface area contributed by atoms with E-state index in [2.05, 4.69) is 0 Å². The Hall–Kier alpha value is -0.610. The second-order valence-electron chi connectivity index (χ2n) is 3.22. The Morgan fingerprint density at radius 3 is 2.38 bits per heavy atom. The highest BCUT2D eigenvalue weighted by Gasteiger charge is 2.03. The number of nitrogens with two attached hydrogens (primary N) is 1. The highest BCUT2D eigenvalue weighted by Crippen LogP contribution is 2.07. The molecule has 4 N–H and O–H groups in total. The zero-order valence-corrected chi connectivity index (χ0v) is 7.91. The number of rotatable bonds is 8. The summed E-state index contributed by atoms with van der Waals surface area (Å²) in [6, 6.07) is 0. The lowest BCUT2D eigenvalue weighted by molar-refractivity contribution is -0.137. The molecular formula is C9H19NO3. The highest BCUT2D eigenvalue weighted by molar-refractivity contribution is 5.66. The SMILES string of the molecule is NCCCC(O)CCCCC(=O)O. The van der Waals surface area contributed by atoms with Gasteiger partial charge in [-0.1, -0.05) is 6.42 Å². The first-order valence-electron chi connectivity index (χ1n) is 4.76. The van der Waals surface area contributed by atoms with Crippen LogP contribution in [0.2, 0.25) is 0 Å². The van der Waals surface area contributed by atoms with Crippen LogP contribution in [0.5, 0.6) is 0 Å². The highest BCUT2D eigenvalue weighted by atomic mass is 16.4. The zero-order valence-electron chi connectivity index (χ0n) is 7.91. The van der Waals surface area contributed by atoms with Crippen molar-refractivity contribution < 1.29 is 15.0 Å². The summed E-state index contributed by atoms with van der Waals surface area (Å²) in [5.41, 5.74) is 5.28. The van der Waals surface area contributed by atoms with Gasteiger partial charge in [-0.05, 0) is 32.2 Å². The molecule has 0 heterocycles. The van der Waals surface area contributed by atoms with Gasteiger partial charge in [0.15, 0.2) is 0 Å². The number of carboxylic acids is 1. The lowest BCUT2D eigenvalue weighted by Crippen LogP contribution is -2.10. The van der Waals surface area contributed by atoms with Crippen LogP contribution in [0.15, 0.2) is 0 Å². The van der Waals surface area contributed by atoms with Gasteiger partial charge >= 0.3 is 5.97 Å². The van der Waals surface area contributed by atoms with Crippen LogP contribution in [0.4, 0.5) is 0 Å². The standard InChI is InChI=1S/C9H19NO3/c10-7-3-5-8(11)4-1-2-6-9(12)13/h8,11H,1-7,10H2,(H,12,13). The van der Waals surface area contributed by atoms with Crippen LogP contribution in [-0.2, 0) is 4.79 Å². The van der Waals surface area contributed by atoms with Gasteiger partial charge in [0.2, 0.25) is 0 Å². The van der Waals surface area contributed by atoms with Gasteiger partial charge in [0.1, 0.15) is 0 Å². The maximum absolute atomic E-state index is 10.1. The van der Waals surface area contributed by atoms with Crippen LogP contribution < -0.4 is 5.73 Å². The van der Waals surface area contributed by atoms with Crippen LogP contribution in [0.25, 0.3) is 0 Å². The molecule has 0 aromatic heterocycles. The van der Waals surface area contributed by atoms with Gasteiger partial charge in [0.05, 0.1) is 6.10 Å². The van der Waals surface area contributed by atoms with Crippen molar-refractivity contribution in [3.05, 3.63) is 0 Å². The van der Waals surface area contributed by atoms with E-state index in [-0.39, 0.29) is 12.5 Å². The second kappa shape index (κ2) is 8.01. The minimum Gasteiger partial charge on any atom is -0.481 e. The van der Waals surface area contributed by atoms with Gasteiger partial charge in [0, 0.05) is 6.42 Å². The van der Waals surface area contributed by atoms with Gasteiger partial charge in [-0.15, -0.1) is 0 Å². The normalized spacial score (nSPS) is 12.8. The van der Waals surface area contributed by atoms with Crippen molar-refractivity contribution in [1.29, 1.82) is 0 Å². The predicted octanol–water partition coefficient (Wildman–Crippen LogP) is 0.731. The lowest BCUT2D eigenvalue weighted by atomic mass is 10.1. The number of carboxylic acid groups (broad SMARTS) is 1. The molecule has 0 aliphatic rings. The average Bonchev–Trinajstić information content (AvgIpc) is 2.08. The molecule has 0 amide bonds. The molecule has 0 rings (SSSR count). The van der Waals surface area contributed by atoms with E-state index in [1.165, 1.54) is 0 Å². The van der Waals surface area contributed by atoms with Gasteiger partial charge in [0.25, 0.3) is 0 Å². The molecular weight excluding hydrogens is 170 g/mol. The Bertz CT molecular complexity index is 139. The third-order valence-corrected chi connectivity index (χ3v) is 1.92. The third kappa shape index (κ3) is 9.30. The molecule has 0 fully saturated rings. The zero-order chi connectivity index (χ0) is 10.1. The fourth-order valence-electron chi connectivity index (χ4n) is 1.15. The molecule has 0 aromatic carbocycles. The smallest absolute Gasteiger partial charge is 0.303 e. The Kier molecular flexibility index (Phi) is 7.63. The van der Waals surface area contributed by atoms with E-state index in [1.807, 2.05) is 0 Å². The quantitative estimate of drug-likeness (QED) is 0.491. The molecule has 1 atom stereocenters. The molecule has 0 spiro atoms. The number of aliphatic hydroxyl groups is 1. The van der Waals surface area contributed by atoms with Gasteiger partial charge < -0.3 is 15.9 Å². The van der Waals surface area contributed by atoms with Crippen molar-refractivity contribution in [1.82, 2.24) is 0 Å². The minimum absolute atomic E-state index is 0.198. The summed E-state index contributed by atoms with van der Waals surface area (Å²) in [7, 11) is 0. The predicted molar refractivity (Wildman–Crippen MR) is 50.4 cm³/mol. The maximum atomic E-state index is 10.1. The van der Waals surface area contributed by atoms with E-state index in [9.17, 15) is 9.90 Å². The largest absolute Gasteiger partial charge is 0.481 e. The maximum Gasteiger partial charge on any atom is 0.303 e. The molecule has 4 nitrogen and oxygen atoms in total. The summed E-state index contributed by atoms with van der Waals surface area (Å²) >= 11 is 0. The van der Waals surface area contributed by atoms with Crippen molar-refractivity contribution in [2.45, 2.75) is 44.6 Å². The monoisotopic (exact) mass is 189 g/mol. The van der Waals surface area contributed by atoms with E-state index >= 15 is 0 Å². The summed E-state index contributed by atoms with van der Waals surface area (Å²) in [5.74, 6) is -0.767. The molecule has 0 radical (unpaired) electrons. The Balaban J connectivity index is 3.16. The van der Waals surface area contributed by atoms with Crippen LogP contribution >= 0.6 is 0 Å². The number of aliphatic carboxylic acids is 1. The molecule has 0 aliphatic carbocycles. The van der Waals surface area contributed by atoms with Crippen molar-refractivity contribution >= 4 is 5.97 Å². The lowest BCUT2D eigenvalue weighted by Gasteiger charge is -2.08. The van der Waals surface area contributed by atoms with Crippen molar-refractivity contribution in [3.8, 4) is 0 Å². The first kappa shape index (κ1) is 12.4. The Morgan fingerprint density at radius 2 is 1.85 bits per heavy atom. The molecule has 78 valence electrons. The first-order valence-corrected chi connectivity index (χ1v) is 4.76. The van der Waals surface area contributed by atoms with Crippen LogP contribution in [0, 0.1) is 0 Å². The minimum atomic E-state index is -0.767. The fourth-order valence-corrected chi connectivity index (χ4v) is 1.15. The molecule has 13 heavy (non-hydrogen) atoms. The third-order valence-electron chi connectivity index (χ3n) is 1.92. The molecule has 0 aromatic rings. The molecule has 0 bridgehead atoms. The van der Waals surface area contributed by atoms with Crippen LogP contribution in [0.3, 0.4) is 0 Å². The van der Waals surface area contributed by atoms with Gasteiger partial charge in [-0.3, -0.25) is 4.79 Å². The summed E-state index contributed by atoms with van der Waals surface area (Å²) in [4.78, 5) is 10.1. The molecule has 0 saturated carbocycles. The van der Waals surface area contributed by atoms with Gasteiger partial charge in [-0.2, -0.15) is 0 Å². The van der Waals surface area contributed by atoms with Crippen LogP contribution in [-0.4, -0.2) is 28.8 Å². The van der Waals surface area contributed by atoms with E-state index in [4.69, 9.17) is 10.8 Å². The van der Waals surface area contributed by atoms with Crippen molar-refractivity contribution in [3.63, 3.8) is 0 Å². The van der Waals surface area contributed by atoms with Gasteiger partial charge in [-0.25, -0.2) is 0 Å². The van der Waals surface area contributed by atoms with E-state index in [0.29, 0.717) is 19.4 Å². The number of aliphatic hydroxyl groups excluding tert-OH is 1. The number of unbranched alkanes of at least 4 members (excludes halogenated alkanes) is 1. The molecule has 1 unspecified atom stereocenters. The van der Waals surface area contributed by atoms with E-state index < -0.39 is 5.97 Å². The summed E-state index contributed by atoms with van der Waals surface area (Å²) < 4.78 is 0. The van der Waals surface area contributed by atoms with Crippen molar-refractivity contribution in [2.75, 3.05) is 6.54 Å². The van der Waals surface area contributed by atoms with Crippen LogP contribution in [0.1, 0.15) is 38.5 Å². The summed E-state index contributed by atoms with van der Waals surface area (Å²) in [6.45, 7) is 0.603. The Labute approximate surface area is 78.7 Å². The number of hydrogen-bond acceptors (Lipinski definition) is 3. The molecule has 0 saturated heterocycles. The first-order chi connectivity index (χ1) is 6.16. The fraction of sp³-hybridized carbons (Fsp3) is 0.889. The molecule has 4 heteroatoms. The summed E-state index contributed by atoms with van der Waals surface area (Å²) in [6.07, 6.45) is 3.56.